The second kappa shape index (κ2) is 11.5. The molecule has 0 saturated carbocycles. The molecule has 2 aromatic rings. The third-order valence-electron chi connectivity index (χ3n) is 5.67. The summed E-state index contributed by atoms with van der Waals surface area (Å²) in [6, 6.07) is 16.4. The van der Waals surface area contributed by atoms with Gasteiger partial charge in [0.25, 0.3) is 0 Å². The summed E-state index contributed by atoms with van der Waals surface area (Å²) in [5.41, 5.74) is 3.55. The zero-order chi connectivity index (χ0) is 21.3. The van der Waals surface area contributed by atoms with Crippen LogP contribution in [0.2, 0.25) is 5.02 Å². The van der Waals surface area contributed by atoms with Gasteiger partial charge in [-0.1, -0.05) is 66.9 Å². The van der Waals surface area contributed by atoms with Crippen molar-refractivity contribution in [1.82, 2.24) is 9.80 Å². The number of unbranched alkanes of at least 4 members (excludes halogenated alkanes) is 1. The number of ether oxygens (including phenoxy) is 1. The Balaban J connectivity index is 1.60. The first kappa shape index (κ1) is 22.8. The van der Waals surface area contributed by atoms with Crippen molar-refractivity contribution in [2.45, 2.75) is 45.8 Å². The first-order chi connectivity index (χ1) is 14.5. The van der Waals surface area contributed by atoms with Gasteiger partial charge in [0.1, 0.15) is 0 Å². The zero-order valence-corrected chi connectivity index (χ0v) is 18.9. The van der Waals surface area contributed by atoms with E-state index in [2.05, 4.69) is 43.0 Å². The lowest BCUT2D eigenvalue weighted by atomic mass is 10.1. The predicted molar refractivity (Wildman–Crippen MR) is 123 cm³/mol. The molecule has 5 heteroatoms. The summed E-state index contributed by atoms with van der Waals surface area (Å²) >= 11 is 6.09. The lowest BCUT2D eigenvalue weighted by molar-refractivity contribution is -0.133. The van der Waals surface area contributed by atoms with E-state index >= 15 is 0 Å². The Hall–Kier alpha value is -1.88. The van der Waals surface area contributed by atoms with Crippen LogP contribution in [0.5, 0.6) is 0 Å². The maximum absolute atomic E-state index is 12.3. The predicted octanol–water partition coefficient (Wildman–Crippen LogP) is 5.24. The molecule has 0 N–H and O–H groups in total. The van der Waals surface area contributed by atoms with Crippen molar-refractivity contribution in [2.75, 3.05) is 32.7 Å². The highest BCUT2D eigenvalue weighted by molar-refractivity contribution is 6.30. The number of carbonyl (C=O) groups is 1. The molecule has 162 valence electrons. The standard InChI is InChI=1S/C25H33ClN2O2/c1-3-4-8-25(29)28-15-13-27(14-16-28)18-24(22-9-11-23(26)12-10-22)30-19-21-7-5-6-20(2)17-21/h5-7,9-12,17,24H,3-4,8,13-16,18-19H2,1-2H3/t24-/m1/s1. The van der Waals surface area contributed by atoms with Crippen LogP contribution in [-0.2, 0) is 16.1 Å². The van der Waals surface area contributed by atoms with Gasteiger partial charge in [0.15, 0.2) is 0 Å². The number of hydrogen-bond donors (Lipinski definition) is 0. The summed E-state index contributed by atoms with van der Waals surface area (Å²) < 4.78 is 6.37. The Morgan fingerprint density at radius 1 is 1.10 bits per heavy atom. The fourth-order valence-electron chi connectivity index (χ4n) is 3.83. The molecule has 3 rings (SSSR count). The SMILES string of the molecule is CCCCC(=O)N1CCN(C[C@@H](OCc2cccc(C)c2)c2ccc(Cl)cc2)CC1. The number of halogens is 1. The van der Waals surface area contributed by atoms with Crippen LogP contribution in [0.25, 0.3) is 0 Å². The molecule has 0 bridgehead atoms. The first-order valence-electron chi connectivity index (χ1n) is 11.0. The Morgan fingerprint density at radius 3 is 2.50 bits per heavy atom. The van der Waals surface area contributed by atoms with Gasteiger partial charge in [-0.3, -0.25) is 9.69 Å². The summed E-state index contributed by atoms with van der Waals surface area (Å²) in [6.45, 7) is 8.97. The van der Waals surface area contributed by atoms with Crippen molar-refractivity contribution < 1.29 is 9.53 Å². The van der Waals surface area contributed by atoms with Crippen LogP contribution in [0.15, 0.2) is 48.5 Å². The number of aryl methyl sites for hydroxylation is 1. The molecule has 1 heterocycles. The number of benzene rings is 2. The Labute approximate surface area is 185 Å². The van der Waals surface area contributed by atoms with Crippen LogP contribution < -0.4 is 0 Å². The molecule has 2 aromatic carbocycles. The molecule has 1 fully saturated rings. The maximum Gasteiger partial charge on any atom is 0.222 e. The molecule has 1 amide bonds. The van der Waals surface area contributed by atoms with Crippen molar-refractivity contribution in [3.05, 3.63) is 70.2 Å². The van der Waals surface area contributed by atoms with Crippen LogP contribution >= 0.6 is 11.6 Å². The third kappa shape index (κ3) is 6.83. The maximum atomic E-state index is 12.3. The van der Waals surface area contributed by atoms with Gasteiger partial charge in [-0.2, -0.15) is 0 Å². The quantitative estimate of drug-likeness (QED) is 0.547. The van der Waals surface area contributed by atoms with Gasteiger partial charge in [0.05, 0.1) is 12.7 Å². The number of hydrogen-bond acceptors (Lipinski definition) is 3. The highest BCUT2D eigenvalue weighted by Gasteiger charge is 2.24. The normalized spacial score (nSPS) is 15.9. The Kier molecular flexibility index (Phi) is 8.74. The van der Waals surface area contributed by atoms with E-state index in [-0.39, 0.29) is 6.10 Å². The van der Waals surface area contributed by atoms with Gasteiger partial charge < -0.3 is 9.64 Å². The average molecular weight is 429 g/mol. The molecular weight excluding hydrogens is 396 g/mol. The molecule has 4 nitrogen and oxygen atoms in total. The van der Waals surface area contributed by atoms with E-state index in [0.717, 1.165) is 56.2 Å². The fraction of sp³-hybridized carbons (Fsp3) is 0.480. The summed E-state index contributed by atoms with van der Waals surface area (Å²) in [5, 5.41) is 0.732. The van der Waals surface area contributed by atoms with Gasteiger partial charge in [-0.05, 0) is 36.6 Å². The second-order valence-electron chi connectivity index (χ2n) is 8.13. The van der Waals surface area contributed by atoms with Crippen molar-refractivity contribution in [2.24, 2.45) is 0 Å². The van der Waals surface area contributed by atoms with Crippen LogP contribution in [-0.4, -0.2) is 48.4 Å². The van der Waals surface area contributed by atoms with Crippen molar-refractivity contribution in [3.63, 3.8) is 0 Å². The second-order valence-corrected chi connectivity index (χ2v) is 8.56. The van der Waals surface area contributed by atoms with Gasteiger partial charge in [0.2, 0.25) is 5.91 Å². The van der Waals surface area contributed by atoms with E-state index in [0.29, 0.717) is 18.9 Å². The molecular formula is C25H33ClN2O2. The molecule has 1 atom stereocenters. The minimum absolute atomic E-state index is 0.0369. The number of rotatable bonds is 9. The smallest absolute Gasteiger partial charge is 0.222 e. The monoisotopic (exact) mass is 428 g/mol. The lowest BCUT2D eigenvalue weighted by Gasteiger charge is -2.36. The zero-order valence-electron chi connectivity index (χ0n) is 18.1. The summed E-state index contributed by atoms with van der Waals surface area (Å²) in [4.78, 5) is 16.7. The van der Waals surface area contributed by atoms with Crippen LogP contribution in [0.4, 0.5) is 0 Å². The topological polar surface area (TPSA) is 32.8 Å². The number of carbonyl (C=O) groups excluding carboxylic acids is 1. The van der Waals surface area contributed by atoms with E-state index in [1.54, 1.807) is 0 Å². The molecule has 0 unspecified atom stereocenters. The molecule has 30 heavy (non-hydrogen) atoms. The van der Waals surface area contributed by atoms with E-state index < -0.39 is 0 Å². The van der Waals surface area contributed by atoms with E-state index in [9.17, 15) is 4.79 Å². The van der Waals surface area contributed by atoms with Gasteiger partial charge >= 0.3 is 0 Å². The van der Waals surface area contributed by atoms with E-state index in [1.807, 2.05) is 29.2 Å². The summed E-state index contributed by atoms with van der Waals surface area (Å²) in [5.74, 6) is 0.293. The molecule has 0 aliphatic carbocycles. The average Bonchev–Trinajstić information content (AvgIpc) is 2.76. The lowest BCUT2D eigenvalue weighted by Crippen LogP contribution is -2.49. The van der Waals surface area contributed by atoms with Crippen LogP contribution in [0.3, 0.4) is 0 Å². The largest absolute Gasteiger partial charge is 0.368 e. The molecule has 0 aromatic heterocycles. The third-order valence-corrected chi connectivity index (χ3v) is 5.92. The Morgan fingerprint density at radius 2 is 1.83 bits per heavy atom. The number of nitrogens with zero attached hydrogens (tertiary/aromatic N) is 2. The van der Waals surface area contributed by atoms with E-state index in [4.69, 9.17) is 16.3 Å². The Bertz CT molecular complexity index is 801. The minimum Gasteiger partial charge on any atom is -0.368 e. The highest BCUT2D eigenvalue weighted by Crippen LogP contribution is 2.23. The fourth-order valence-corrected chi connectivity index (χ4v) is 3.96. The van der Waals surface area contributed by atoms with Crippen molar-refractivity contribution in [1.29, 1.82) is 0 Å². The highest BCUT2D eigenvalue weighted by atomic mass is 35.5. The molecule has 1 aliphatic heterocycles. The molecule has 1 aliphatic rings. The minimum atomic E-state index is -0.0369. The van der Waals surface area contributed by atoms with Gasteiger partial charge in [-0.15, -0.1) is 0 Å². The summed E-state index contributed by atoms with van der Waals surface area (Å²) in [7, 11) is 0. The molecule has 1 saturated heterocycles. The number of amides is 1. The van der Waals surface area contributed by atoms with Crippen LogP contribution in [0, 0.1) is 6.92 Å². The summed E-state index contributed by atoms with van der Waals surface area (Å²) in [6.07, 6.45) is 2.67. The van der Waals surface area contributed by atoms with Crippen LogP contribution in [0.1, 0.15) is 49.0 Å². The van der Waals surface area contributed by atoms with E-state index in [1.165, 1.54) is 11.1 Å². The molecule has 0 spiro atoms. The van der Waals surface area contributed by atoms with Gasteiger partial charge in [0, 0.05) is 44.2 Å². The van der Waals surface area contributed by atoms with Gasteiger partial charge in [-0.25, -0.2) is 0 Å². The number of piperazine rings is 1. The first-order valence-corrected chi connectivity index (χ1v) is 11.4. The van der Waals surface area contributed by atoms with Crippen molar-refractivity contribution in [3.8, 4) is 0 Å². The van der Waals surface area contributed by atoms with Crippen molar-refractivity contribution >= 4 is 17.5 Å². The molecule has 0 radical (unpaired) electrons.